The second kappa shape index (κ2) is 5.74. The monoisotopic (exact) mass is 274 g/mol. The van der Waals surface area contributed by atoms with Crippen LogP contribution in [0.1, 0.15) is 42.6 Å². The van der Waals surface area contributed by atoms with E-state index in [1.54, 1.807) is 13.8 Å². The summed E-state index contributed by atoms with van der Waals surface area (Å²) < 4.78 is 43.1. The minimum absolute atomic E-state index is 0.0281. The Balaban J connectivity index is 3.20. The van der Waals surface area contributed by atoms with Crippen LogP contribution in [0.5, 0.6) is 0 Å². The van der Waals surface area contributed by atoms with E-state index < -0.39 is 23.1 Å². The summed E-state index contributed by atoms with van der Waals surface area (Å²) in [6.07, 6.45) is -3.63. The number of benzene rings is 1. The molecule has 0 atom stereocenters. The van der Waals surface area contributed by atoms with E-state index in [4.69, 9.17) is 4.74 Å². The molecular weight excluding hydrogens is 257 g/mol. The Kier molecular flexibility index (Phi) is 4.74. The van der Waals surface area contributed by atoms with Crippen molar-refractivity contribution in [3.63, 3.8) is 0 Å². The molecule has 1 aromatic carbocycles. The van der Waals surface area contributed by atoms with Gasteiger partial charge in [-0.05, 0) is 25.0 Å². The van der Waals surface area contributed by atoms with Crippen molar-refractivity contribution >= 4 is 5.78 Å². The zero-order valence-electron chi connectivity index (χ0n) is 11.2. The summed E-state index contributed by atoms with van der Waals surface area (Å²) in [5.41, 5.74) is -1.85. The van der Waals surface area contributed by atoms with Crippen LogP contribution in [-0.2, 0) is 10.9 Å². The summed E-state index contributed by atoms with van der Waals surface area (Å²) in [7, 11) is 1.40. The SMILES string of the molecule is CCC(CC)(OC)C(=O)c1cccc(C(F)(F)F)c1. The molecule has 0 heterocycles. The number of methoxy groups -OCH3 is 1. The Morgan fingerprint density at radius 2 is 1.79 bits per heavy atom. The number of Topliss-reactive ketones (excluding diaryl/α,β-unsaturated/α-hetero) is 1. The number of carbonyl (C=O) groups is 1. The number of hydrogen-bond donors (Lipinski definition) is 0. The van der Waals surface area contributed by atoms with Crippen LogP contribution < -0.4 is 0 Å². The Morgan fingerprint density at radius 3 is 2.21 bits per heavy atom. The Hall–Kier alpha value is -1.36. The fraction of sp³-hybridized carbons (Fsp3) is 0.500. The van der Waals surface area contributed by atoms with Crippen LogP contribution in [0.15, 0.2) is 24.3 Å². The maximum absolute atomic E-state index is 12.6. The molecule has 0 unspecified atom stereocenters. The molecule has 2 nitrogen and oxygen atoms in total. The Morgan fingerprint density at radius 1 is 1.21 bits per heavy atom. The topological polar surface area (TPSA) is 26.3 Å². The van der Waals surface area contributed by atoms with Crippen molar-refractivity contribution in [2.45, 2.75) is 38.5 Å². The van der Waals surface area contributed by atoms with E-state index >= 15 is 0 Å². The van der Waals surface area contributed by atoms with Gasteiger partial charge in [0.15, 0.2) is 5.78 Å². The highest BCUT2D eigenvalue weighted by Gasteiger charge is 2.37. The van der Waals surface area contributed by atoms with E-state index in [-0.39, 0.29) is 5.56 Å². The fourth-order valence-corrected chi connectivity index (χ4v) is 2.05. The van der Waals surface area contributed by atoms with Crippen molar-refractivity contribution in [3.05, 3.63) is 35.4 Å². The van der Waals surface area contributed by atoms with Gasteiger partial charge in [0, 0.05) is 12.7 Å². The standard InChI is InChI=1S/C14H17F3O2/c1-4-13(5-2,19-3)12(18)10-7-6-8-11(9-10)14(15,16)17/h6-9H,4-5H2,1-3H3. The number of ether oxygens (including phenoxy) is 1. The number of hydrogen-bond acceptors (Lipinski definition) is 2. The molecule has 0 spiro atoms. The first-order valence-corrected chi connectivity index (χ1v) is 6.08. The lowest BCUT2D eigenvalue weighted by Crippen LogP contribution is -2.39. The average molecular weight is 274 g/mol. The first-order valence-electron chi connectivity index (χ1n) is 6.08. The van der Waals surface area contributed by atoms with Crippen LogP contribution in [0.4, 0.5) is 13.2 Å². The third kappa shape index (κ3) is 3.15. The van der Waals surface area contributed by atoms with Crippen molar-refractivity contribution < 1.29 is 22.7 Å². The van der Waals surface area contributed by atoms with Gasteiger partial charge in [-0.1, -0.05) is 26.0 Å². The number of ketones is 1. The number of halogens is 3. The van der Waals surface area contributed by atoms with Crippen molar-refractivity contribution in [3.8, 4) is 0 Å². The molecule has 19 heavy (non-hydrogen) atoms. The molecule has 0 bridgehead atoms. The van der Waals surface area contributed by atoms with Gasteiger partial charge in [-0.15, -0.1) is 0 Å². The van der Waals surface area contributed by atoms with E-state index in [0.29, 0.717) is 12.8 Å². The lowest BCUT2D eigenvalue weighted by atomic mass is 9.87. The number of carbonyl (C=O) groups excluding carboxylic acids is 1. The first-order chi connectivity index (χ1) is 8.80. The predicted octanol–water partition coefficient (Wildman–Crippen LogP) is 4.09. The summed E-state index contributed by atoms with van der Waals surface area (Å²) in [5, 5.41) is 0. The molecule has 1 rings (SSSR count). The summed E-state index contributed by atoms with van der Waals surface area (Å²) in [6.45, 7) is 3.55. The normalized spacial score (nSPS) is 12.5. The van der Waals surface area contributed by atoms with Gasteiger partial charge in [-0.25, -0.2) is 0 Å². The van der Waals surface area contributed by atoms with Crippen LogP contribution in [0.2, 0.25) is 0 Å². The molecule has 0 aromatic heterocycles. The third-order valence-electron chi connectivity index (χ3n) is 3.40. The molecule has 0 radical (unpaired) electrons. The first kappa shape index (κ1) is 15.7. The summed E-state index contributed by atoms with van der Waals surface area (Å²) in [5.74, 6) is -0.411. The van der Waals surface area contributed by atoms with Gasteiger partial charge in [0.2, 0.25) is 0 Å². The minimum atomic E-state index is -4.45. The Bertz CT molecular complexity index is 440. The third-order valence-corrected chi connectivity index (χ3v) is 3.40. The van der Waals surface area contributed by atoms with Gasteiger partial charge in [-0.2, -0.15) is 13.2 Å². The zero-order valence-corrected chi connectivity index (χ0v) is 11.2. The molecule has 0 aliphatic carbocycles. The van der Waals surface area contributed by atoms with Crippen LogP contribution in [0.3, 0.4) is 0 Å². The second-order valence-corrected chi connectivity index (χ2v) is 4.31. The molecule has 1 aromatic rings. The molecule has 0 amide bonds. The highest BCUT2D eigenvalue weighted by Crippen LogP contribution is 2.31. The van der Waals surface area contributed by atoms with Gasteiger partial charge in [0.25, 0.3) is 0 Å². The van der Waals surface area contributed by atoms with Crippen LogP contribution in [0.25, 0.3) is 0 Å². The van der Waals surface area contributed by atoms with Crippen molar-refractivity contribution in [1.82, 2.24) is 0 Å². The summed E-state index contributed by atoms with van der Waals surface area (Å²) in [4.78, 5) is 12.3. The van der Waals surface area contributed by atoms with Crippen LogP contribution in [-0.4, -0.2) is 18.5 Å². The van der Waals surface area contributed by atoms with Gasteiger partial charge in [0.05, 0.1) is 5.56 Å². The summed E-state index contributed by atoms with van der Waals surface area (Å²) >= 11 is 0. The van der Waals surface area contributed by atoms with Gasteiger partial charge < -0.3 is 4.74 Å². The smallest absolute Gasteiger partial charge is 0.370 e. The summed E-state index contributed by atoms with van der Waals surface area (Å²) in [6, 6.07) is 4.45. The van der Waals surface area contributed by atoms with E-state index in [2.05, 4.69) is 0 Å². The van der Waals surface area contributed by atoms with Crippen molar-refractivity contribution in [2.75, 3.05) is 7.11 Å². The zero-order chi connectivity index (χ0) is 14.7. The molecule has 0 fully saturated rings. The lowest BCUT2D eigenvalue weighted by molar-refractivity contribution is -0.137. The molecular formula is C14H17F3O2. The minimum Gasteiger partial charge on any atom is -0.370 e. The van der Waals surface area contributed by atoms with Gasteiger partial charge >= 0.3 is 6.18 Å². The lowest BCUT2D eigenvalue weighted by Gasteiger charge is -2.28. The molecule has 0 aliphatic rings. The maximum Gasteiger partial charge on any atom is 0.416 e. The van der Waals surface area contributed by atoms with E-state index in [1.807, 2.05) is 0 Å². The largest absolute Gasteiger partial charge is 0.416 e. The average Bonchev–Trinajstić information content (AvgIpc) is 2.40. The molecule has 5 heteroatoms. The second-order valence-electron chi connectivity index (χ2n) is 4.31. The molecule has 0 saturated carbocycles. The molecule has 0 N–H and O–H groups in total. The highest BCUT2D eigenvalue weighted by molar-refractivity contribution is 6.02. The highest BCUT2D eigenvalue weighted by atomic mass is 19.4. The fourth-order valence-electron chi connectivity index (χ4n) is 2.05. The molecule has 0 saturated heterocycles. The van der Waals surface area contributed by atoms with E-state index in [0.717, 1.165) is 12.1 Å². The van der Waals surface area contributed by atoms with E-state index in [9.17, 15) is 18.0 Å². The molecule has 0 aliphatic heterocycles. The van der Waals surface area contributed by atoms with E-state index in [1.165, 1.54) is 19.2 Å². The molecule has 106 valence electrons. The number of rotatable bonds is 5. The van der Waals surface area contributed by atoms with Gasteiger partial charge in [0.1, 0.15) is 5.60 Å². The van der Waals surface area contributed by atoms with Crippen molar-refractivity contribution in [2.24, 2.45) is 0 Å². The van der Waals surface area contributed by atoms with Crippen LogP contribution >= 0.6 is 0 Å². The van der Waals surface area contributed by atoms with Crippen LogP contribution in [0, 0.1) is 0 Å². The Labute approximate surface area is 110 Å². The van der Waals surface area contributed by atoms with Crippen molar-refractivity contribution in [1.29, 1.82) is 0 Å². The predicted molar refractivity (Wildman–Crippen MR) is 66.1 cm³/mol. The maximum atomic E-state index is 12.6. The van der Waals surface area contributed by atoms with Gasteiger partial charge in [-0.3, -0.25) is 4.79 Å². The quantitative estimate of drug-likeness (QED) is 0.756. The number of alkyl halides is 3.